The van der Waals surface area contributed by atoms with Gasteiger partial charge >= 0.3 is 0 Å². The molecular weight excluding hydrogens is 281 g/mol. The zero-order chi connectivity index (χ0) is 16.3. The highest BCUT2D eigenvalue weighted by molar-refractivity contribution is 5.95. The van der Waals surface area contributed by atoms with Crippen LogP contribution in [0.4, 0.5) is 10.1 Å². The van der Waals surface area contributed by atoms with Gasteiger partial charge in [-0.15, -0.1) is 0 Å². The SMILES string of the molecule is CNC(C(=O)Nc1c(C)cc(F)cc1C)[N+]1(C)CCCCC1. The number of amides is 1. The molecule has 1 saturated heterocycles. The van der Waals surface area contributed by atoms with Crippen molar-refractivity contribution in [1.29, 1.82) is 0 Å². The van der Waals surface area contributed by atoms with Crippen molar-refractivity contribution in [3.8, 4) is 0 Å². The number of benzene rings is 1. The number of anilines is 1. The van der Waals surface area contributed by atoms with Crippen LogP contribution in [0.15, 0.2) is 12.1 Å². The highest BCUT2D eigenvalue weighted by atomic mass is 19.1. The summed E-state index contributed by atoms with van der Waals surface area (Å²) in [6.45, 7) is 5.63. The van der Waals surface area contributed by atoms with Gasteiger partial charge < -0.3 is 9.80 Å². The van der Waals surface area contributed by atoms with Gasteiger partial charge in [0.2, 0.25) is 6.17 Å². The molecule has 122 valence electrons. The summed E-state index contributed by atoms with van der Waals surface area (Å²) in [6.07, 6.45) is 3.25. The van der Waals surface area contributed by atoms with Crippen molar-refractivity contribution >= 4 is 11.6 Å². The molecule has 1 heterocycles. The summed E-state index contributed by atoms with van der Waals surface area (Å²) in [5.41, 5.74) is 2.22. The molecule has 1 unspecified atom stereocenters. The Morgan fingerprint density at radius 3 is 2.23 bits per heavy atom. The van der Waals surface area contributed by atoms with Gasteiger partial charge in [-0.05, 0) is 63.4 Å². The van der Waals surface area contributed by atoms with E-state index in [9.17, 15) is 9.18 Å². The number of halogens is 1. The molecule has 1 aliphatic heterocycles. The van der Waals surface area contributed by atoms with Crippen LogP contribution in [0, 0.1) is 19.7 Å². The molecule has 1 aromatic rings. The summed E-state index contributed by atoms with van der Waals surface area (Å²) in [6, 6.07) is 2.91. The molecule has 1 amide bonds. The molecule has 0 bridgehead atoms. The Hall–Kier alpha value is -1.46. The lowest BCUT2D eigenvalue weighted by molar-refractivity contribution is -0.931. The first-order valence-corrected chi connectivity index (χ1v) is 7.96. The normalized spacial score (nSPS) is 18.8. The average molecular weight is 308 g/mol. The maximum atomic E-state index is 13.4. The Kier molecular flexibility index (Phi) is 5.19. The molecule has 2 N–H and O–H groups in total. The van der Waals surface area contributed by atoms with Crippen LogP contribution in [-0.4, -0.2) is 43.7 Å². The fourth-order valence-electron chi connectivity index (χ4n) is 3.52. The minimum Gasteiger partial charge on any atom is -0.319 e. The van der Waals surface area contributed by atoms with Crippen LogP contribution in [0.3, 0.4) is 0 Å². The Balaban J connectivity index is 2.20. The van der Waals surface area contributed by atoms with E-state index < -0.39 is 0 Å². The number of hydrogen-bond donors (Lipinski definition) is 2. The summed E-state index contributed by atoms with van der Waals surface area (Å²) in [7, 11) is 3.96. The smallest absolute Gasteiger partial charge is 0.298 e. The van der Waals surface area contributed by atoms with Gasteiger partial charge in [-0.3, -0.25) is 10.1 Å². The van der Waals surface area contributed by atoms with E-state index in [-0.39, 0.29) is 17.9 Å². The number of nitrogens with one attached hydrogen (secondary N) is 2. The summed E-state index contributed by atoms with van der Waals surface area (Å²) >= 11 is 0. The minimum atomic E-state index is -0.288. The van der Waals surface area contributed by atoms with Gasteiger partial charge in [0.1, 0.15) is 5.82 Å². The molecular formula is C17H27FN3O+. The van der Waals surface area contributed by atoms with Crippen molar-refractivity contribution < 1.29 is 13.7 Å². The number of nitrogens with zero attached hydrogens (tertiary/aromatic N) is 1. The van der Waals surface area contributed by atoms with Gasteiger partial charge in [-0.1, -0.05) is 0 Å². The van der Waals surface area contributed by atoms with Crippen LogP contribution in [0.25, 0.3) is 0 Å². The Bertz CT molecular complexity index is 530. The minimum absolute atomic E-state index is 0.0512. The van der Waals surface area contributed by atoms with E-state index in [0.29, 0.717) is 4.48 Å². The van der Waals surface area contributed by atoms with Gasteiger partial charge in [-0.2, -0.15) is 0 Å². The fraction of sp³-hybridized carbons (Fsp3) is 0.588. The number of quaternary nitrogens is 1. The van der Waals surface area contributed by atoms with E-state index >= 15 is 0 Å². The van der Waals surface area contributed by atoms with E-state index in [0.717, 1.165) is 42.7 Å². The van der Waals surface area contributed by atoms with E-state index in [1.165, 1.54) is 18.6 Å². The predicted molar refractivity (Wildman–Crippen MR) is 87.1 cm³/mol. The van der Waals surface area contributed by atoms with Crippen molar-refractivity contribution in [3.05, 3.63) is 29.1 Å². The lowest BCUT2D eigenvalue weighted by Gasteiger charge is -2.42. The molecule has 0 radical (unpaired) electrons. The van der Waals surface area contributed by atoms with Crippen LogP contribution in [0.2, 0.25) is 0 Å². The van der Waals surface area contributed by atoms with Crippen molar-refractivity contribution in [2.24, 2.45) is 0 Å². The Labute approximate surface area is 132 Å². The summed E-state index contributed by atoms with van der Waals surface area (Å²) < 4.78 is 14.1. The first kappa shape index (κ1) is 16.9. The molecule has 0 spiro atoms. The fourth-order valence-corrected chi connectivity index (χ4v) is 3.52. The highest BCUT2D eigenvalue weighted by Crippen LogP contribution is 2.24. The highest BCUT2D eigenvalue weighted by Gasteiger charge is 2.38. The van der Waals surface area contributed by atoms with Crippen molar-refractivity contribution in [2.75, 3.05) is 32.5 Å². The third-order valence-electron chi connectivity index (χ3n) is 4.73. The molecule has 5 heteroatoms. The van der Waals surface area contributed by atoms with Gasteiger partial charge in [0, 0.05) is 5.69 Å². The number of piperidine rings is 1. The third-order valence-corrected chi connectivity index (χ3v) is 4.73. The van der Waals surface area contributed by atoms with Crippen LogP contribution >= 0.6 is 0 Å². The van der Waals surface area contributed by atoms with Crippen molar-refractivity contribution in [1.82, 2.24) is 5.32 Å². The zero-order valence-electron chi connectivity index (χ0n) is 14.0. The number of likely N-dealkylation sites (N-methyl/N-ethyl adjacent to an activating group) is 2. The standard InChI is InChI=1S/C17H26FN3O/c1-12-10-14(18)11-13(2)15(12)20-17(22)16(19-3)21(4)8-6-5-7-9-21/h10-11,16,19H,5-9H2,1-4H3/p+1. The monoisotopic (exact) mass is 308 g/mol. The first-order chi connectivity index (χ1) is 10.4. The topological polar surface area (TPSA) is 41.1 Å². The molecule has 0 aromatic heterocycles. The summed E-state index contributed by atoms with van der Waals surface area (Å²) in [5, 5.41) is 6.16. The molecule has 4 nitrogen and oxygen atoms in total. The van der Waals surface area contributed by atoms with Crippen LogP contribution in [0.5, 0.6) is 0 Å². The molecule has 1 aromatic carbocycles. The largest absolute Gasteiger partial charge is 0.319 e. The second kappa shape index (κ2) is 6.75. The number of carbonyl (C=O) groups is 1. The van der Waals surface area contributed by atoms with Gasteiger partial charge in [-0.25, -0.2) is 4.39 Å². The number of likely N-dealkylation sites (tertiary alicyclic amines) is 1. The maximum Gasteiger partial charge on any atom is 0.298 e. The number of carbonyl (C=O) groups excluding carboxylic acids is 1. The zero-order valence-corrected chi connectivity index (χ0v) is 14.0. The predicted octanol–water partition coefficient (Wildman–Crippen LogP) is 2.56. The lowest BCUT2D eigenvalue weighted by atomic mass is 10.1. The molecule has 0 saturated carbocycles. The van der Waals surface area contributed by atoms with Crippen molar-refractivity contribution in [3.63, 3.8) is 0 Å². The lowest BCUT2D eigenvalue weighted by Crippen LogP contribution is -2.64. The van der Waals surface area contributed by atoms with E-state index in [1.807, 2.05) is 20.9 Å². The molecule has 1 fully saturated rings. The quantitative estimate of drug-likeness (QED) is 0.839. The summed E-state index contributed by atoms with van der Waals surface area (Å²) in [4.78, 5) is 12.8. The Morgan fingerprint density at radius 1 is 1.18 bits per heavy atom. The van der Waals surface area contributed by atoms with Crippen LogP contribution in [-0.2, 0) is 4.79 Å². The maximum absolute atomic E-state index is 13.4. The second-order valence-electron chi connectivity index (χ2n) is 6.58. The van der Waals surface area contributed by atoms with Gasteiger partial charge in [0.05, 0.1) is 20.1 Å². The summed E-state index contributed by atoms with van der Waals surface area (Å²) in [5.74, 6) is -0.321. The van der Waals surface area contributed by atoms with Crippen LogP contribution in [0.1, 0.15) is 30.4 Å². The van der Waals surface area contributed by atoms with E-state index in [4.69, 9.17) is 0 Å². The van der Waals surface area contributed by atoms with Crippen LogP contribution < -0.4 is 10.6 Å². The van der Waals surface area contributed by atoms with E-state index in [1.54, 1.807) is 0 Å². The number of rotatable bonds is 4. The van der Waals surface area contributed by atoms with Gasteiger partial charge in [0.25, 0.3) is 5.91 Å². The Morgan fingerprint density at radius 2 is 1.73 bits per heavy atom. The second-order valence-corrected chi connectivity index (χ2v) is 6.58. The molecule has 1 aliphatic rings. The van der Waals surface area contributed by atoms with E-state index in [2.05, 4.69) is 17.7 Å². The number of hydrogen-bond acceptors (Lipinski definition) is 2. The molecule has 22 heavy (non-hydrogen) atoms. The molecule has 2 rings (SSSR count). The van der Waals surface area contributed by atoms with Crippen molar-refractivity contribution in [2.45, 2.75) is 39.3 Å². The first-order valence-electron chi connectivity index (χ1n) is 7.96. The number of aryl methyl sites for hydroxylation is 2. The molecule has 0 aliphatic carbocycles. The molecule has 1 atom stereocenters. The van der Waals surface area contributed by atoms with Gasteiger partial charge in [0.15, 0.2) is 0 Å². The average Bonchev–Trinajstić information content (AvgIpc) is 2.44. The third kappa shape index (κ3) is 3.47.